The molecule has 2 aromatic carbocycles. The summed E-state index contributed by atoms with van der Waals surface area (Å²) in [5.74, 6) is 0.946. The van der Waals surface area contributed by atoms with Gasteiger partial charge in [0.05, 0.1) is 6.54 Å². The van der Waals surface area contributed by atoms with Gasteiger partial charge < -0.3 is 9.84 Å². The average Bonchev–Trinajstić information content (AvgIpc) is 3.09. The third-order valence-corrected chi connectivity index (χ3v) is 4.44. The monoisotopic (exact) mass is 369 g/mol. The van der Waals surface area contributed by atoms with Gasteiger partial charge in [0.15, 0.2) is 5.82 Å². The van der Waals surface area contributed by atoms with Crippen molar-refractivity contribution in [3.63, 3.8) is 0 Å². The summed E-state index contributed by atoms with van der Waals surface area (Å²) in [5.41, 5.74) is 3.18. The molecule has 0 aliphatic rings. The van der Waals surface area contributed by atoms with Gasteiger partial charge in [0.1, 0.15) is 0 Å². The van der Waals surface area contributed by atoms with Crippen molar-refractivity contribution in [1.82, 2.24) is 15.5 Å². The molecule has 1 N–H and O–H groups in total. The van der Waals surface area contributed by atoms with E-state index >= 15 is 0 Å². The Bertz CT molecular complexity index is 878. The van der Waals surface area contributed by atoms with E-state index in [2.05, 4.69) is 15.5 Å². The molecule has 0 spiro atoms. The maximum atomic E-state index is 12.0. The van der Waals surface area contributed by atoms with Crippen molar-refractivity contribution in [3.05, 3.63) is 82.0 Å². The first-order valence-electron chi connectivity index (χ1n) is 8.47. The number of nitrogens with one attached hydrogen (secondary N) is 1. The number of halogens is 1. The highest BCUT2D eigenvalue weighted by Crippen LogP contribution is 2.17. The molecular formula is C20H20ClN3O2. The molecule has 1 heterocycles. The normalized spacial score (nSPS) is 10.7. The average molecular weight is 370 g/mol. The third-order valence-electron chi connectivity index (χ3n) is 4.03. The molecule has 0 aliphatic heterocycles. The smallest absolute Gasteiger partial charge is 0.246 e. The highest BCUT2D eigenvalue weighted by atomic mass is 35.5. The summed E-state index contributed by atoms with van der Waals surface area (Å²) in [5, 5.41) is 7.48. The fraction of sp³-hybridized carbons (Fsp3) is 0.250. The van der Waals surface area contributed by atoms with Gasteiger partial charge in [-0.2, -0.15) is 4.98 Å². The molecule has 0 atom stereocenters. The standard InChI is InChI=1S/C20H20ClN3O2/c1-14-7-8-16(11-17(14)21)9-10-19(25)22-13-20-23-18(24-26-20)12-15-5-3-2-4-6-15/h2-8,11H,9-10,12-13H2,1H3,(H,22,25). The van der Waals surface area contributed by atoms with Gasteiger partial charge in [0.25, 0.3) is 0 Å². The Morgan fingerprint density at radius 1 is 1.15 bits per heavy atom. The predicted octanol–water partition coefficient (Wildman–Crippen LogP) is 3.87. The molecule has 134 valence electrons. The highest BCUT2D eigenvalue weighted by molar-refractivity contribution is 6.31. The predicted molar refractivity (Wildman–Crippen MR) is 99.9 cm³/mol. The lowest BCUT2D eigenvalue weighted by atomic mass is 10.1. The maximum Gasteiger partial charge on any atom is 0.246 e. The van der Waals surface area contributed by atoms with Crippen molar-refractivity contribution in [3.8, 4) is 0 Å². The third kappa shape index (κ3) is 5.17. The van der Waals surface area contributed by atoms with Gasteiger partial charge in [-0.05, 0) is 36.1 Å². The zero-order valence-corrected chi connectivity index (χ0v) is 15.3. The number of hydrogen-bond acceptors (Lipinski definition) is 4. The minimum absolute atomic E-state index is 0.0653. The molecule has 0 radical (unpaired) electrons. The van der Waals surface area contributed by atoms with Crippen molar-refractivity contribution < 1.29 is 9.32 Å². The second-order valence-electron chi connectivity index (χ2n) is 6.13. The van der Waals surface area contributed by atoms with Crippen LogP contribution in [0.5, 0.6) is 0 Å². The van der Waals surface area contributed by atoms with E-state index in [-0.39, 0.29) is 12.5 Å². The van der Waals surface area contributed by atoms with E-state index in [9.17, 15) is 4.79 Å². The van der Waals surface area contributed by atoms with E-state index in [4.69, 9.17) is 16.1 Å². The van der Waals surface area contributed by atoms with E-state index in [0.717, 1.165) is 21.7 Å². The van der Waals surface area contributed by atoms with Crippen molar-refractivity contribution in [2.75, 3.05) is 0 Å². The number of rotatable bonds is 7. The summed E-state index contributed by atoms with van der Waals surface area (Å²) in [7, 11) is 0. The van der Waals surface area contributed by atoms with Gasteiger partial charge in [0, 0.05) is 17.9 Å². The molecule has 5 nitrogen and oxygen atoms in total. The second kappa shape index (κ2) is 8.63. The van der Waals surface area contributed by atoms with Crippen LogP contribution in [0.25, 0.3) is 0 Å². The number of nitrogens with zero attached hydrogens (tertiary/aromatic N) is 2. The molecule has 0 unspecified atom stereocenters. The van der Waals surface area contributed by atoms with E-state index in [1.165, 1.54) is 0 Å². The lowest BCUT2D eigenvalue weighted by Crippen LogP contribution is -2.23. The van der Waals surface area contributed by atoms with E-state index in [1.54, 1.807) is 0 Å². The number of benzene rings is 2. The molecule has 0 aliphatic carbocycles. The topological polar surface area (TPSA) is 68.0 Å². The molecule has 0 saturated carbocycles. The summed E-state index contributed by atoms with van der Waals surface area (Å²) in [6, 6.07) is 15.8. The Morgan fingerprint density at radius 2 is 1.96 bits per heavy atom. The summed E-state index contributed by atoms with van der Waals surface area (Å²) in [6.07, 6.45) is 1.62. The maximum absolute atomic E-state index is 12.0. The number of carbonyl (C=O) groups is 1. The van der Waals surface area contributed by atoms with Crippen LogP contribution in [0.2, 0.25) is 5.02 Å². The molecular weight excluding hydrogens is 350 g/mol. The fourth-order valence-electron chi connectivity index (χ4n) is 2.52. The molecule has 3 rings (SSSR count). The minimum Gasteiger partial charge on any atom is -0.347 e. The van der Waals surface area contributed by atoms with Gasteiger partial charge in [-0.15, -0.1) is 0 Å². The van der Waals surface area contributed by atoms with E-state index in [1.807, 2.05) is 55.5 Å². The van der Waals surface area contributed by atoms with Gasteiger partial charge in [-0.1, -0.05) is 59.2 Å². The molecule has 0 saturated heterocycles. The van der Waals surface area contributed by atoms with Crippen LogP contribution in [-0.4, -0.2) is 16.0 Å². The van der Waals surface area contributed by atoms with Crippen LogP contribution < -0.4 is 5.32 Å². The Labute approximate surface area is 157 Å². The first kappa shape index (κ1) is 18.1. The molecule has 26 heavy (non-hydrogen) atoms. The SMILES string of the molecule is Cc1ccc(CCC(=O)NCc2nc(Cc3ccccc3)no2)cc1Cl. The molecule has 1 amide bonds. The first-order chi connectivity index (χ1) is 12.6. The minimum atomic E-state index is -0.0653. The summed E-state index contributed by atoms with van der Waals surface area (Å²) < 4.78 is 5.19. The second-order valence-corrected chi connectivity index (χ2v) is 6.53. The number of aromatic nitrogens is 2. The Balaban J connectivity index is 1.45. The summed E-state index contributed by atoms with van der Waals surface area (Å²) >= 11 is 6.10. The molecule has 3 aromatic rings. The van der Waals surface area contributed by atoms with Crippen molar-refractivity contribution in [2.24, 2.45) is 0 Å². The van der Waals surface area contributed by atoms with Crippen LogP contribution in [-0.2, 0) is 24.2 Å². The quantitative estimate of drug-likeness (QED) is 0.686. The zero-order chi connectivity index (χ0) is 18.4. The molecule has 6 heteroatoms. The van der Waals surface area contributed by atoms with E-state index < -0.39 is 0 Å². The van der Waals surface area contributed by atoms with Crippen LogP contribution in [0.3, 0.4) is 0 Å². The lowest BCUT2D eigenvalue weighted by molar-refractivity contribution is -0.121. The van der Waals surface area contributed by atoms with Gasteiger partial charge >= 0.3 is 0 Å². The van der Waals surface area contributed by atoms with Crippen LogP contribution in [0.1, 0.15) is 34.8 Å². The Hall–Kier alpha value is -2.66. The lowest BCUT2D eigenvalue weighted by Gasteiger charge is -2.04. The number of hydrogen-bond donors (Lipinski definition) is 1. The Kier molecular flexibility index (Phi) is 6.02. The van der Waals surface area contributed by atoms with Crippen LogP contribution in [0.4, 0.5) is 0 Å². The van der Waals surface area contributed by atoms with Crippen LogP contribution in [0, 0.1) is 6.92 Å². The van der Waals surface area contributed by atoms with Crippen molar-refractivity contribution in [1.29, 1.82) is 0 Å². The molecule has 1 aromatic heterocycles. The zero-order valence-electron chi connectivity index (χ0n) is 14.5. The van der Waals surface area contributed by atoms with Crippen LogP contribution >= 0.6 is 11.6 Å². The number of amides is 1. The largest absolute Gasteiger partial charge is 0.347 e. The molecule has 0 bridgehead atoms. The highest BCUT2D eigenvalue weighted by Gasteiger charge is 2.09. The fourth-order valence-corrected chi connectivity index (χ4v) is 2.73. The first-order valence-corrected chi connectivity index (χ1v) is 8.85. The van der Waals surface area contributed by atoms with Crippen LogP contribution in [0.15, 0.2) is 53.1 Å². The van der Waals surface area contributed by atoms with Gasteiger partial charge in [-0.3, -0.25) is 4.79 Å². The van der Waals surface area contributed by atoms with E-state index in [0.29, 0.717) is 31.0 Å². The van der Waals surface area contributed by atoms with Gasteiger partial charge in [0.2, 0.25) is 11.8 Å². The van der Waals surface area contributed by atoms with Crippen molar-refractivity contribution >= 4 is 17.5 Å². The number of aryl methyl sites for hydroxylation is 2. The molecule has 0 fully saturated rings. The van der Waals surface area contributed by atoms with Gasteiger partial charge in [-0.25, -0.2) is 0 Å². The Morgan fingerprint density at radius 3 is 2.73 bits per heavy atom. The summed E-state index contributed by atoms with van der Waals surface area (Å²) in [6.45, 7) is 2.19. The number of carbonyl (C=O) groups excluding carboxylic acids is 1. The summed E-state index contributed by atoms with van der Waals surface area (Å²) in [4.78, 5) is 16.3. The van der Waals surface area contributed by atoms with Crippen molar-refractivity contribution in [2.45, 2.75) is 32.7 Å².